The van der Waals surface area contributed by atoms with E-state index in [0.29, 0.717) is 17.8 Å². The monoisotopic (exact) mass is 290 g/mol. The quantitative estimate of drug-likeness (QED) is 0.941. The number of benzene rings is 2. The first-order valence-electron chi connectivity index (χ1n) is 6.51. The Morgan fingerprint density at radius 2 is 1.86 bits per heavy atom. The Bertz CT molecular complexity index is 658. The highest BCUT2D eigenvalue weighted by Gasteiger charge is 2.15. The lowest BCUT2D eigenvalue weighted by Gasteiger charge is -2.20. The third-order valence-electron chi connectivity index (χ3n) is 3.29. The van der Waals surface area contributed by atoms with Crippen molar-refractivity contribution in [3.8, 4) is 0 Å². The number of para-hydroxylation sites is 1. The minimum atomic E-state index is -0.953. The predicted molar refractivity (Wildman–Crippen MR) is 77.8 cm³/mol. The third-order valence-corrected chi connectivity index (χ3v) is 3.29. The SMILES string of the molecule is CN(C(=O)Cc1ccc(F)c(F)c1)c1ccccc1CN. The Morgan fingerprint density at radius 1 is 1.14 bits per heavy atom. The van der Waals surface area contributed by atoms with Gasteiger partial charge in [0.2, 0.25) is 5.91 Å². The Balaban J connectivity index is 2.17. The van der Waals surface area contributed by atoms with E-state index in [9.17, 15) is 13.6 Å². The standard InChI is InChI=1S/C16H16F2N2O/c1-20(15-5-3-2-4-12(15)10-19)16(21)9-11-6-7-13(17)14(18)8-11/h2-8H,9-10,19H2,1H3. The van der Waals surface area contributed by atoms with Crippen LogP contribution < -0.4 is 10.6 Å². The number of amides is 1. The fourth-order valence-electron chi connectivity index (χ4n) is 2.09. The predicted octanol–water partition coefficient (Wildman–Crippen LogP) is 2.63. The van der Waals surface area contributed by atoms with Crippen LogP contribution in [0.5, 0.6) is 0 Å². The number of carbonyl (C=O) groups is 1. The highest BCUT2D eigenvalue weighted by atomic mass is 19.2. The zero-order chi connectivity index (χ0) is 15.4. The molecule has 3 nitrogen and oxygen atoms in total. The van der Waals surface area contributed by atoms with Gasteiger partial charge in [0.25, 0.3) is 0 Å². The molecule has 0 aliphatic heterocycles. The number of likely N-dealkylation sites (N-methyl/N-ethyl adjacent to an activating group) is 1. The molecule has 5 heteroatoms. The number of carbonyl (C=O) groups excluding carboxylic acids is 1. The molecule has 0 atom stereocenters. The molecule has 1 amide bonds. The summed E-state index contributed by atoms with van der Waals surface area (Å²) in [6.07, 6.45) is -0.00734. The first-order valence-corrected chi connectivity index (χ1v) is 6.51. The number of nitrogens with two attached hydrogens (primary N) is 1. The summed E-state index contributed by atoms with van der Waals surface area (Å²) in [6, 6.07) is 10.8. The average Bonchev–Trinajstić information content (AvgIpc) is 2.50. The molecule has 0 saturated carbocycles. The molecule has 0 radical (unpaired) electrons. The largest absolute Gasteiger partial charge is 0.326 e. The van der Waals surface area contributed by atoms with Crippen molar-refractivity contribution in [1.82, 2.24) is 0 Å². The Hall–Kier alpha value is -2.27. The molecule has 0 spiro atoms. The van der Waals surface area contributed by atoms with E-state index in [1.54, 1.807) is 13.1 Å². The number of nitrogens with zero attached hydrogens (tertiary/aromatic N) is 1. The fourth-order valence-corrected chi connectivity index (χ4v) is 2.09. The summed E-state index contributed by atoms with van der Waals surface area (Å²) in [5, 5.41) is 0. The fraction of sp³-hybridized carbons (Fsp3) is 0.188. The second-order valence-corrected chi connectivity index (χ2v) is 4.71. The van der Waals surface area contributed by atoms with E-state index in [-0.39, 0.29) is 12.3 Å². The van der Waals surface area contributed by atoms with Gasteiger partial charge in [-0.1, -0.05) is 24.3 Å². The maximum absolute atomic E-state index is 13.2. The highest BCUT2D eigenvalue weighted by molar-refractivity contribution is 5.94. The van der Waals surface area contributed by atoms with E-state index >= 15 is 0 Å². The summed E-state index contributed by atoms with van der Waals surface area (Å²) in [6.45, 7) is 0.318. The van der Waals surface area contributed by atoms with Crippen LogP contribution in [0.4, 0.5) is 14.5 Å². The molecular formula is C16H16F2N2O. The Morgan fingerprint density at radius 3 is 2.52 bits per heavy atom. The van der Waals surface area contributed by atoms with Gasteiger partial charge in [0.1, 0.15) is 0 Å². The molecule has 0 heterocycles. The third kappa shape index (κ3) is 3.44. The summed E-state index contributed by atoms with van der Waals surface area (Å²) < 4.78 is 26.0. The van der Waals surface area contributed by atoms with Crippen molar-refractivity contribution in [2.45, 2.75) is 13.0 Å². The van der Waals surface area contributed by atoms with Gasteiger partial charge < -0.3 is 10.6 Å². The lowest BCUT2D eigenvalue weighted by Crippen LogP contribution is -2.29. The highest BCUT2D eigenvalue weighted by Crippen LogP contribution is 2.20. The van der Waals surface area contributed by atoms with Crippen LogP contribution in [0.2, 0.25) is 0 Å². The molecule has 21 heavy (non-hydrogen) atoms. The first kappa shape index (κ1) is 15.1. The molecule has 0 aliphatic carbocycles. The van der Waals surface area contributed by atoms with Crippen molar-refractivity contribution < 1.29 is 13.6 Å². The van der Waals surface area contributed by atoms with Gasteiger partial charge in [-0.3, -0.25) is 4.79 Å². The van der Waals surface area contributed by atoms with Gasteiger partial charge in [-0.2, -0.15) is 0 Å². The number of halogens is 2. The Labute approximate surface area is 122 Å². The van der Waals surface area contributed by atoms with E-state index in [1.807, 2.05) is 18.2 Å². The second-order valence-electron chi connectivity index (χ2n) is 4.71. The topological polar surface area (TPSA) is 46.3 Å². The second kappa shape index (κ2) is 6.45. The van der Waals surface area contributed by atoms with Crippen molar-refractivity contribution in [2.75, 3.05) is 11.9 Å². The molecule has 0 aliphatic rings. The van der Waals surface area contributed by atoms with Gasteiger partial charge >= 0.3 is 0 Å². The molecule has 110 valence electrons. The number of hydrogen-bond acceptors (Lipinski definition) is 2. The van der Waals surface area contributed by atoms with E-state index in [1.165, 1.54) is 11.0 Å². The van der Waals surface area contributed by atoms with E-state index in [4.69, 9.17) is 5.73 Å². The van der Waals surface area contributed by atoms with E-state index < -0.39 is 11.6 Å². The summed E-state index contributed by atoms with van der Waals surface area (Å²) in [5.41, 5.74) is 7.64. The summed E-state index contributed by atoms with van der Waals surface area (Å²) >= 11 is 0. The van der Waals surface area contributed by atoms with Crippen LogP contribution in [0, 0.1) is 11.6 Å². The van der Waals surface area contributed by atoms with Gasteiger partial charge in [-0.25, -0.2) is 8.78 Å². The maximum atomic E-state index is 13.2. The van der Waals surface area contributed by atoms with Crippen LogP contribution in [0.25, 0.3) is 0 Å². The van der Waals surface area contributed by atoms with Crippen LogP contribution in [0.3, 0.4) is 0 Å². The molecule has 0 fully saturated rings. The van der Waals surface area contributed by atoms with Gasteiger partial charge in [0.05, 0.1) is 6.42 Å². The summed E-state index contributed by atoms with van der Waals surface area (Å²) in [5.74, 6) is -2.10. The molecule has 0 bridgehead atoms. The number of hydrogen-bond donors (Lipinski definition) is 1. The normalized spacial score (nSPS) is 10.5. The van der Waals surface area contributed by atoms with Gasteiger partial charge in [0, 0.05) is 19.3 Å². The van der Waals surface area contributed by atoms with Gasteiger partial charge in [-0.05, 0) is 29.3 Å². The van der Waals surface area contributed by atoms with E-state index in [2.05, 4.69) is 0 Å². The molecule has 2 N–H and O–H groups in total. The molecule has 2 aromatic rings. The maximum Gasteiger partial charge on any atom is 0.231 e. The number of anilines is 1. The minimum Gasteiger partial charge on any atom is -0.326 e. The molecular weight excluding hydrogens is 274 g/mol. The zero-order valence-corrected chi connectivity index (χ0v) is 11.6. The van der Waals surface area contributed by atoms with Gasteiger partial charge in [-0.15, -0.1) is 0 Å². The van der Waals surface area contributed by atoms with Crippen LogP contribution in [0.15, 0.2) is 42.5 Å². The summed E-state index contributed by atoms with van der Waals surface area (Å²) in [7, 11) is 1.64. The van der Waals surface area contributed by atoms with Crippen molar-refractivity contribution in [3.05, 3.63) is 65.2 Å². The van der Waals surface area contributed by atoms with Crippen molar-refractivity contribution in [2.24, 2.45) is 5.73 Å². The van der Waals surface area contributed by atoms with Crippen LogP contribution >= 0.6 is 0 Å². The molecule has 0 aromatic heterocycles. The zero-order valence-electron chi connectivity index (χ0n) is 11.6. The molecule has 0 saturated heterocycles. The van der Waals surface area contributed by atoms with Crippen LogP contribution in [0.1, 0.15) is 11.1 Å². The molecule has 2 aromatic carbocycles. The Kier molecular flexibility index (Phi) is 4.65. The van der Waals surface area contributed by atoms with Crippen LogP contribution in [-0.4, -0.2) is 13.0 Å². The lowest BCUT2D eigenvalue weighted by molar-refractivity contribution is -0.117. The average molecular weight is 290 g/mol. The van der Waals surface area contributed by atoms with Crippen LogP contribution in [-0.2, 0) is 17.8 Å². The molecule has 0 unspecified atom stereocenters. The van der Waals surface area contributed by atoms with Crippen molar-refractivity contribution >= 4 is 11.6 Å². The smallest absolute Gasteiger partial charge is 0.231 e. The molecule has 2 rings (SSSR count). The van der Waals surface area contributed by atoms with Crippen molar-refractivity contribution in [1.29, 1.82) is 0 Å². The summed E-state index contributed by atoms with van der Waals surface area (Å²) in [4.78, 5) is 13.7. The van der Waals surface area contributed by atoms with Crippen molar-refractivity contribution in [3.63, 3.8) is 0 Å². The first-order chi connectivity index (χ1) is 10.0. The lowest BCUT2D eigenvalue weighted by atomic mass is 10.1. The number of rotatable bonds is 4. The minimum absolute atomic E-state index is 0.00734. The van der Waals surface area contributed by atoms with E-state index in [0.717, 1.165) is 17.7 Å². The van der Waals surface area contributed by atoms with Gasteiger partial charge in [0.15, 0.2) is 11.6 Å².